The Morgan fingerprint density at radius 1 is 1.08 bits per heavy atom. The molecule has 1 aromatic rings. The number of carbonyl (C=O) groups is 2. The van der Waals surface area contributed by atoms with Crippen LogP contribution in [0.5, 0.6) is 11.5 Å². The molecule has 1 N–H and O–H groups in total. The molecule has 0 radical (unpaired) electrons. The number of ether oxygens (including phenoxy) is 2. The minimum atomic E-state index is -0.810. The van der Waals surface area contributed by atoms with E-state index in [0.717, 1.165) is 0 Å². The van der Waals surface area contributed by atoms with Crippen LogP contribution in [0.25, 0.3) is 0 Å². The smallest absolute Gasteiger partial charge is 0.320 e. The van der Waals surface area contributed by atoms with Gasteiger partial charge in [0.15, 0.2) is 0 Å². The van der Waals surface area contributed by atoms with Crippen LogP contribution in [0.4, 0.5) is 0 Å². The van der Waals surface area contributed by atoms with Crippen LogP contribution in [0.3, 0.4) is 0 Å². The molecule has 7 heteroatoms. The average Bonchev–Trinajstić information content (AvgIpc) is 2.61. The Hall–Kier alpha value is -2.28. The van der Waals surface area contributed by atoms with E-state index in [9.17, 15) is 14.7 Å². The molecule has 1 unspecified atom stereocenters. The molecule has 132 valence electrons. The first-order valence-electron chi connectivity index (χ1n) is 7.99. The molecular weight excluding hydrogens is 312 g/mol. The molecule has 0 aromatic heterocycles. The Morgan fingerprint density at radius 2 is 1.62 bits per heavy atom. The van der Waals surface area contributed by atoms with Gasteiger partial charge in [-0.05, 0) is 18.6 Å². The zero-order chi connectivity index (χ0) is 17.7. The van der Waals surface area contributed by atoms with Crippen LogP contribution in [-0.4, -0.2) is 73.2 Å². The van der Waals surface area contributed by atoms with E-state index < -0.39 is 12.0 Å². The first kappa shape index (κ1) is 18.1. The molecule has 1 aromatic carbocycles. The Bertz CT molecular complexity index is 574. The number of nitrogens with zero attached hydrogens (tertiary/aromatic N) is 2. The standard InChI is InChI=1S/C17H24N2O5/c1-4-15(17(21)22)18-5-7-19(8-6-18)16(20)12-9-13(23-2)11-14(10-12)24-3/h9-11,15H,4-8H2,1-3H3,(H,21,22). The highest BCUT2D eigenvalue weighted by molar-refractivity contribution is 5.95. The van der Waals surface area contributed by atoms with Gasteiger partial charge in [0, 0.05) is 37.8 Å². The third-order valence-electron chi connectivity index (χ3n) is 4.31. The maximum Gasteiger partial charge on any atom is 0.320 e. The largest absolute Gasteiger partial charge is 0.497 e. The zero-order valence-corrected chi connectivity index (χ0v) is 14.3. The minimum absolute atomic E-state index is 0.102. The van der Waals surface area contributed by atoms with Crippen molar-refractivity contribution in [3.63, 3.8) is 0 Å². The molecule has 2 rings (SSSR count). The van der Waals surface area contributed by atoms with Gasteiger partial charge in [0.05, 0.1) is 14.2 Å². The lowest BCUT2D eigenvalue weighted by Crippen LogP contribution is -2.53. The van der Waals surface area contributed by atoms with Crippen molar-refractivity contribution in [1.82, 2.24) is 9.80 Å². The molecule has 1 amide bonds. The summed E-state index contributed by atoms with van der Waals surface area (Å²) >= 11 is 0. The molecule has 0 spiro atoms. The number of hydrogen-bond acceptors (Lipinski definition) is 5. The molecular formula is C17H24N2O5. The van der Waals surface area contributed by atoms with Crippen molar-refractivity contribution in [1.29, 1.82) is 0 Å². The molecule has 1 aliphatic rings. The molecule has 0 bridgehead atoms. The molecule has 7 nitrogen and oxygen atoms in total. The van der Waals surface area contributed by atoms with Crippen molar-refractivity contribution in [3.05, 3.63) is 23.8 Å². The maximum absolute atomic E-state index is 12.7. The molecule has 1 aliphatic heterocycles. The summed E-state index contributed by atoms with van der Waals surface area (Å²) in [4.78, 5) is 27.6. The third kappa shape index (κ3) is 3.97. The molecule has 24 heavy (non-hydrogen) atoms. The number of hydrogen-bond donors (Lipinski definition) is 1. The lowest BCUT2D eigenvalue weighted by Gasteiger charge is -2.37. The molecule has 1 fully saturated rings. The van der Waals surface area contributed by atoms with E-state index in [1.807, 2.05) is 11.8 Å². The summed E-state index contributed by atoms with van der Waals surface area (Å²) in [5, 5.41) is 9.24. The molecule has 1 heterocycles. The van der Waals surface area contributed by atoms with E-state index in [4.69, 9.17) is 9.47 Å². The fourth-order valence-electron chi connectivity index (χ4n) is 2.94. The highest BCUT2D eigenvalue weighted by Crippen LogP contribution is 2.24. The molecule has 1 atom stereocenters. The van der Waals surface area contributed by atoms with E-state index in [1.165, 1.54) is 0 Å². The highest BCUT2D eigenvalue weighted by Gasteiger charge is 2.29. The predicted molar refractivity (Wildman–Crippen MR) is 88.7 cm³/mol. The fraction of sp³-hybridized carbons (Fsp3) is 0.529. The normalized spacial score (nSPS) is 16.5. The SMILES string of the molecule is CCC(C(=O)O)N1CCN(C(=O)c2cc(OC)cc(OC)c2)CC1. The number of methoxy groups -OCH3 is 2. The summed E-state index contributed by atoms with van der Waals surface area (Å²) in [6, 6.07) is 4.60. The monoisotopic (exact) mass is 336 g/mol. The second-order valence-electron chi connectivity index (χ2n) is 5.69. The summed E-state index contributed by atoms with van der Waals surface area (Å²) in [5.74, 6) is 0.214. The number of carbonyl (C=O) groups excluding carboxylic acids is 1. The lowest BCUT2D eigenvalue weighted by atomic mass is 10.1. The van der Waals surface area contributed by atoms with Crippen LogP contribution < -0.4 is 9.47 Å². The van der Waals surface area contributed by atoms with Crippen LogP contribution in [0.15, 0.2) is 18.2 Å². The second kappa shape index (κ2) is 8.01. The van der Waals surface area contributed by atoms with Crippen LogP contribution in [0.1, 0.15) is 23.7 Å². The summed E-state index contributed by atoms with van der Waals surface area (Å²) in [6.45, 7) is 3.97. The van der Waals surface area contributed by atoms with Gasteiger partial charge in [-0.25, -0.2) is 0 Å². The Labute approximate surface area is 141 Å². The van der Waals surface area contributed by atoms with Gasteiger partial charge >= 0.3 is 5.97 Å². The van der Waals surface area contributed by atoms with E-state index in [-0.39, 0.29) is 5.91 Å². The van der Waals surface area contributed by atoms with Crippen molar-refractivity contribution in [2.45, 2.75) is 19.4 Å². The Kier molecular flexibility index (Phi) is 6.03. The number of aliphatic carboxylic acids is 1. The van der Waals surface area contributed by atoms with Crippen molar-refractivity contribution in [3.8, 4) is 11.5 Å². The molecule has 1 saturated heterocycles. The summed E-state index contributed by atoms with van der Waals surface area (Å²) in [5.41, 5.74) is 0.505. The lowest BCUT2D eigenvalue weighted by molar-refractivity contribution is -0.144. The van der Waals surface area contributed by atoms with Gasteiger partial charge in [0.25, 0.3) is 5.91 Å². The van der Waals surface area contributed by atoms with Gasteiger partial charge in [-0.1, -0.05) is 6.92 Å². The fourth-order valence-corrected chi connectivity index (χ4v) is 2.94. The third-order valence-corrected chi connectivity index (χ3v) is 4.31. The first-order chi connectivity index (χ1) is 11.5. The van der Waals surface area contributed by atoms with Crippen molar-refractivity contribution >= 4 is 11.9 Å². The van der Waals surface area contributed by atoms with Crippen LogP contribution in [0, 0.1) is 0 Å². The van der Waals surface area contributed by atoms with Crippen molar-refractivity contribution in [2.24, 2.45) is 0 Å². The molecule has 0 aliphatic carbocycles. The Balaban J connectivity index is 2.06. The van der Waals surface area contributed by atoms with E-state index >= 15 is 0 Å². The molecule has 0 saturated carbocycles. The summed E-state index contributed by atoms with van der Waals surface area (Å²) < 4.78 is 10.4. The predicted octanol–water partition coefficient (Wildman–Crippen LogP) is 1.32. The van der Waals surface area contributed by atoms with Crippen molar-refractivity contribution in [2.75, 3.05) is 40.4 Å². The second-order valence-corrected chi connectivity index (χ2v) is 5.69. The van der Waals surface area contributed by atoms with E-state index in [2.05, 4.69) is 0 Å². The summed E-state index contributed by atoms with van der Waals surface area (Å²) in [6.07, 6.45) is 0.552. The van der Waals surface area contributed by atoms with Gasteiger partial charge in [-0.15, -0.1) is 0 Å². The maximum atomic E-state index is 12.7. The van der Waals surface area contributed by atoms with Crippen LogP contribution >= 0.6 is 0 Å². The number of carboxylic acid groups (broad SMARTS) is 1. The number of rotatable bonds is 6. The van der Waals surface area contributed by atoms with Gasteiger partial charge in [-0.3, -0.25) is 14.5 Å². The van der Waals surface area contributed by atoms with Crippen LogP contribution in [-0.2, 0) is 4.79 Å². The van der Waals surface area contributed by atoms with Crippen LogP contribution in [0.2, 0.25) is 0 Å². The van der Waals surface area contributed by atoms with Gasteiger partial charge in [0.1, 0.15) is 17.5 Å². The quantitative estimate of drug-likeness (QED) is 0.844. The highest BCUT2D eigenvalue weighted by atomic mass is 16.5. The van der Waals surface area contributed by atoms with Crippen molar-refractivity contribution < 1.29 is 24.2 Å². The average molecular weight is 336 g/mol. The number of piperazine rings is 1. The van der Waals surface area contributed by atoms with Gasteiger partial charge in [0.2, 0.25) is 0 Å². The number of amides is 1. The number of benzene rings is 1. The van der Waals surface area contributed by atoms with E-state index in [0.29, 0.717) is 49.7 Å². The zero-order valence-electron chi connectivity index (χ0n) is 14.3. The first-order valence-corrected chi connectivity index (χ1v) is 7.99. The Morgan fingerprint density at radius 3 is 2.04 bits per heavy atom. The van der Waals surface area contributed by atoms with Gasteiger partial charge < -0.3 is 19.5 Å². The van der Waals surface area contributed by atoms with Gasteiger partial charge in [-0.2, -0.15) is 0 Å². The minimum Gasteiger partial charge on any atom is -0.497 e. The topological polar surface area (TPSA) is 79.3 Å². The number of carboxylic acids is 1. The summed E-state index contributed by atoms with van der Waals surface area (Å²) in [7, 11) is 3.08. The van der Waals surface area contributed by atoms with E-state index in [1.54, 1.807) is 37.3 Å².